The molecule has 1 amide bonds. The summed E-state index contributed by atoms with van der Waals surface area (Å²) in [6.07, 6.45) is 0.980. The van der Waals surface area contributed by atoms with Gasteiger partial charge in [-0.1, -0.05) is 12.1 Å². The Bertz CT molecular complexity index is 587. The van der Waals surface area contributed by atoms with Crippen molar-refractivity contribution < 1.29 is 9.53 Å². The molecule has 1 aromatic heterocycles. The van der Waals surface area contributed by atoms with E-state index in [1.807, 2.05) is 36.0 Å². The van der Waals surface area contributed by atoms with Crippen LogP contribution in [0.5, 0.6) is 0 Å². The summed E-state index contributed by atoms with van der Waals surface area (Å²) in [5, 5.41) is 3.48. The van der Waals surface area contributed by atoms with Gasteiger partial charge in [0.2, 0.25) is 0 Å². The van der Waals surface area contributed by atoms with E-state index < -0.39 is 0 Å². The Kier molecular flexibility index (Phi) is 3.96. The molecular formula is C14H16N2O2S2. The molecule has 4 nitrogen and oxygen atoms in total. The zero-order chi connectivity index (χ0) is 14.0. The van der Waals surface area contributed by atoms with Crippen LogP contribution in [0.25, 0.3) is 10.2 Å². The maximum atomic E-state index is 12.2. The summed E-state index contributed by atoms with van der Waals surface area (Å²) in [7, 11) is 1.72. The second-order valence-electron chi connectivity index (χ2n) is 4.86. The van der Waals surface area contributed by atoms with Gasteiger partial charge in [-0.3, -0.25) is 4.79 Å². The largest absolute Gasteiger partial charge is 0.376 e. The van der Waals surface area contributed by atoms with Gasteiger partial charge in [0, 0.05) is 19.4 Å². The monoisotopic (exact) mass is 308 g/mol. The van der Waals surface area contributed by atoms with E-state index in [1.165, 1.54) is 11.3 Å². The first-order chi connectivity index (χ1) is 9.72. The molecule has 1 atom stereocenters. The van der Waals surface area contributed by atoms with Gasteiger partial charge in [-0.05, 0) is 24.3 Å². The summed E-state index contributed by atoms with van der Waals surface area (Å²) in [5.74, 6) is 1.91. The van der Waals surface area contributed by atoms with Crippen LogP contribution in [0.1, 0.15) is 16.2 Å². The number of aromatic nitrogens is 1. The molecule has 0 spiro atoms. The number of hydrogen-bond acceptors (Lipinski definition) is 5. The molecule has 1 aliphatic rings. The Hall–Kier alpha value is -1.11. The number of nitrogens with one attached hydrogen (secondary N) is 1. The average Bonchev–Trinajstić information content (AvgIpc) is 3.12. The quantitative estimate of drug-likeness (QED) is 0.943. The molecular weight excluding hydrogens is 292 g/mol. The summed E-state index contributed by atoms with van der Waals surface area (Å²) in [6.45, 7) is 0.547. The molecule has 0 radical (unpaired) electrons. The van der Waals surface area contributed by atoms with Crippen LogP contribution in [0.2, 0.25) is 0 Å². The molecule has 1 aromatic carbocycles. The Balaban J connectivity index is 1.69. The first kappa shape index (κ1) is 13.9. The molecule has 6 heteroatoms. The summed E-state index contributed by atoms with van der Waals surface area (Å²) in [5.41, 5.74) is 0.664. The van der Waals surface area contributed by atoms with Crippen molar-refractivity contribution in [1.82, 2.24) is 10.3 Å². The minimum Gasteiger partial charge on any atom is -0.376 e. The maximum Gasteiger partial charge on any atom is 0.280 e. The lowest BCUT2D eigenvalue weighted by atomic mass is 10.0. The van der Waals surface area contributed by atoms with Gasteiger partial charge in [0.15, 0.2) is 5.01 Å². The van der Waals surface area contributed by atoms with Crippen molar-refractivity contribution in [3.8, 4) is 0 Å². The fourth-order valence-electron chi connectivity index (χ4n) is 2.25. The number of carbonyl (C=O) groups is 1. The third kappa shape index (κ3) is 2.68. The molecule has 1 saturated heterocycles. The molecule has 1 fully saturated rings. The first-order valence-electron chi connectivity index (χ1n) is 6.49. The second-order valence-corrected chi connectivity index (χ2v) is 6.99. The Labute approximate surface area is 125 Å². The van der Waals surface area contributed by atoms with E-state index in [4.69, 9.17) is 4.74 Å². The van der Waals surface area contributed by atoms with Crippen molar-refractivity contribution in [2.45, 2.75) is 12.0 Å². The second kappa shape index (κ2) is 5.71. The standard InChI is InChI=1S/C14H16N2O2S2/c1-18-14(6-7-19-9-14)8-15-12(17)13-16-10-4-2-3-5-11(10)20-13/h2-5H,6-9H2,1H3,(H,15,17). The zero-order valence-electron chi connectivity index (χ0n) is 11.2. The molecule has 1 N–H and O–H groups in total. The zero-order valence-corrected chi connectivity index (χ0v) is 12.9. The minimum absolute atomic E-state index is 0.112. The number of amides is 1. The molecule has 0 saturated carbocycles. The minimum atomic E-state index is -0.211. The van der Waals surface area contributed by atoms with Crippen LogP contribution in [0.15, 0.2) is 24.3 Å². The van der Waals surface area contributed by atoms with Gasteiger partial charge in [-0.15, -0.1) is 11.3 Å². The van der Waals surface area contributed by atoms with Crippen LogP contribution >= 0.6 is 23.1 Å². The van der Waals surface area contributed by atoms with Gasteiger partial charge in [0.25, 0.3) is 5.91 Å². The van der Waals surface area contributed by atoms with Gasteiger partial charge in [-0.25, -0.2) is 4.98 Å². The highest BCUT2D eigenvalue weighted by atomic mass is 32.2. The summed E-state index contributed by atoms with van der Waals surface area (Å²) >= 11 is 3.29. The SMILES string of the molecule is COC1(CNC(=O)c2nc3ccccc3s2)CCSC1. The number of rotatable bonds is 4. The number of thioether (sulfide) groups is 1. The number of nitrogens with zero attached hydrogens (tertiary/aromatic N) is 1. The average molecular weight is 308 g/mol. The van der Waals surface area contributed by atoms with Gasteiger partial charge in [-0.2, -0.15) is 11.8 Å². The van der Waals surface area contributed by atoms with Crippen molar-refractivity contribution in [2.24, 2.45) is 0 Å². The van der Waals surface area contributed by atoms with E-state index in [0.717, 1.165) is 28.1 Å². The van der Waals surface area contributed by atoms with E-state index in [2.05, 4.69) is 10.3 Å². The van der Waals surface area contributed by atoms with E-state index in [1.54, 1.807) is 7.11 Å². The van der Waals surface area contributed by atoms with Gasteiger partial charge >= 0.3 is 0 Å². The van der Waals surface area contributed by atoms with Crippen molar-refractivity contribution in [3.05, 3.63) is 29.3 Å². The predicted molar refractivity (Wildman–Crippen MR) is 83.6 cm³/mol. The van der Waals surface area contributed by atoms with E-state index in [-0.39, 0.29) is 11.5 Å². The van der Waals surface area contributed by atoms with Crippen LogP contribution in [-0.2, 0) is 4.74 Å². The van der Waals surface area contributed by atoms with E-state index >= 15 is 0 Å². The number of benzene rings is 1. The Morgan fingerprint density at radius 2 is 2.35 bits per heavy atom. The molecule has 2 heterocycles. The van der Waals surface area contributed by atoms with Gasteiger partial charge in [0.1, 0.15) is 0 Å². The number of hydrogen-bond donors (Lipinski definition) is 1. The van der Waals surface area contributed by atoms with Crippen molar-refractivity contribution >= 4 is 39.2 Å². The van der Waals surface area contributed by atoms with Crippen LogP contribution < -0.4 is 5.32 Å². The summed E-state index contributed by atoms with van der Waals surface area (Å²) in [6, 6.07) is 7.79. The number of fused-ring (bicyclic) bond motifs is 1. The van der Waals surface area contributed by atoms with Crippen molar-refractivity contribution in [2.75, 3.05) is 25.2 Å². The highest BCUT2D eigenvalue weighted by Crippen LogP contribution is 2.30. The van der Waals surface area contributed by atoms with Crippen LogP contribution in [0.3, 0.4) is 0 Å². The molecule has 3 rings (SSSR count). The number of carbonyl (C=O) groups excluding carboxylic acids is 1. The Morgan fingerprint density at radius 1 is 1.50 bits per heavy atom. The fourth-order valence-corrected chi connectivity index (χ4v) is 4.53. The first-order valence-corrected chi connectivity index (χ1v) is 8.46. The lowest BCUT2D eigenvalue weighted by Gasteiger charge is -2.26. The lowest BCUT2D eigenvalue weighted by molar-refractivity contribution is 0.0137. The molecule has 0 bridgehead atoms. The molecule has 0 aliphatic carbocycles. The number of ether oxygens (including phenoxy) is 1. The van der Waals surface area contributed by atoms with Crippen LogP contribution in [-0.4, -0.2) is 41.7 Å². The van der Waals surface area contributed by atoms with Gasteiger partial charge in [0.05, 0.1) is 15.8 Å². The molecule has 20 heavy (non-hydrogen) atoms. The highest BCUT2D eigenvalue weighted by molar-refractivity contribution is 7.99. The predicted octanol–water partition coefficient (Wildman–Crippen LogP) is 2.55. The van der Waals surface area contributed by atoms with E-state index in [9.17, 15) is 4.79 Å². The van der Waals surface area contributed by atoms with Crippen molar-refractivity contribution in [1.29, 1.82) is 0 Å². The molecule has 2 aromatic rings. The molecule has 1 unspecified atom stereocenters. The summed E-state index contributed by atoms with van der Waals surface area (Å²) < 4.78 is 6.63. The molecule has 1 aliphatic heterocycles. The highest BCUT2D eigenvalue weighted by Gasteiger charge is 2.34. The topological polar surface area (TPSA) is 51.2 Å². The van der Waals surface area contributed by atoms with E-state index in [0.29, 0.717) is 11.6 Å². The van der Waals surface area contributed by atoms with Crippen molar-refractivity contribution in [3.63, 3.8) is 0 Å². The molecule has 106 valence electrons. The Morgan fingerprint density at radius 3 is 3.05 bits per heavy atom. The number of para-hydroxylation sites is 1. The maximum absolute atomic E-state index is 12.2. The fraction of sp³-hybridized carbons (Fsp3) is 0.429. The van der Waals surface area contributed by atoms with Crippen LogP contribution in [0, 0.1) is 0 Å². The normalized spacial score (nSPS) is 22.2. The number of methoxy groups -OCH3 is 1. The smallest absolute Gasteiger partial charge is 0.280 e. The third-order valence-corrected chi connectivity index (χ3v) is 5.82. The summed E-state index contributed by atoms with van der Waals surface area (Å²) in [4.78, 5) is 16.6. The lowest BCUT2D eigenvalue weighted by Crippen LogP contribution is -2.44. The van der Waals surface area contributed by atoms with Gasteiger partial charge < -0.3 is 10.1 Å². The third-order valence-electron chi connectivity index (χ3n) is 3.56. The number of thiazole rings is 1. The van der Waals surface area contributed by atoms with Crippen LogP contribution in [0.4, 0.5) is 0 Å².